The molecule has 0 aliphatic heterocycles. The number of benzene rings is 4. The number of hydrogen-bond acceptors (Lipinski definition) is 3. The molecule has 0 unspecified atom stereocenters. The lowest BCUT2D eigenvalue weighted by molar-refractivity contribution is -0.111. The zero-order valence-electron chi connectivity index (χ0n) is 21.7. The number of amides is 1. The molecule has 0 aliphatic carbocycles. The van der Waals surface area contributed by atoms with Gasteiger partial charge in [-0.25, -0.2) is 0 Å². The van der Waals surface area contributed by atoms with Gasteiger partial charge in [-0.05, 0) is 78.9 Å². The van der Waals surface area contributed by atoms with Crippen molar-refractivity contribution in [3.8, 4) is 16.9 Å². The molecule has 0 bridgehead atoms. The Hall–Kier alpha value is -4.31. The molecule has 0 aliphatic rings. The van der Waals surface area contributed by atoms with E-state index in [0.717, 1.165) is 56.7 Å². The van der Waals surface area contributed by atoms with Crippen molar-refractivity contribution in [3.05, 3.63) is 102 Å². The van der Waals surface area contributed by atoms with Crippen LogP contribution >= 0.6 is 0 Å². The number of carbonyl (C=O) groups excluding carboxylic acids is 1. The van der Waals surface area contributed by atoms with Crippen molar-refractivity contribution in [2.75, 3.05) is 11.9 Å². The fourth-order valence-electron chi connectivity index (χ4n) is 4.80. The van der Waals surface area contributed by atoms with E-state index in [0.29, 0.717) is 6.61 Å². The van der Waals surface area contributed by atoms with E-state index in [1.54, 1.807) is 6.08 Å². The Morgan fingerprint density at radius 2 is 1.73 bits per heavy atom. The SMILES string of the molecule is CCOc1c(/C(C)=C/C(=O)Nc2ccc(CC)cc2)cc2c(-c3ccc4ccccc4c3)coc2c1C. The van der Waals surface area contributed by atoms with Crippen molar-refractivity contribution in [3.63, 3.8) is 0 Å². The predicted molar refractivity (Wildman–Crippen MR) is 153 cm³/mol. The molecule has 0 fully saturated rings. The number of aryl methyl sites for hydroxylation is 2. The van der Waals surface area contributed by atoms with Crippen LogP contribution in [0.15, 0.2) is 89.6 Å². The highest BCUT2D eigenvalue weighted by molar-refractivity contribution is 6.06. The molecule has 1 N–H and O–H groups in total. The van der Waals surface area contributed by atoms with Crippen LogP contribution in [0.5, 0.6) is 5.75 Å². The molecular formula is C33H31NO3. The predicted octanol–water partition coefficient (Wildman–Crippen LogP) is 8.56. The van der Waals surface area contributed by atoms with Gasteiger partial charge in [0.1, 0.15) is 11.3 Å². The number of fused-ring (bicyclic) bond motifs is 2. The minimum atomic E-state index is -0.177. The molecule has 5 rings (SSSR count). The van der Waals surface area contributed by atoms with E-state index in [-0.39, 0.29) is 5.91 Å². The summed E-state index contributed by atoms with van der Waals surface area (Å²) >= 11 is 0. The quantitative estimate of drug-likeness (QED) is 0.233. The maximum atomic E-state index is 12.9. The largest absolute Gasteiger partial charge is 0.493 e. The molecule has 0 saturated heterocycles. The number of ether oxygens (including phenoxy) is 1. The summed E-state index contributed by atoms with van der Waals surface area (Å²) in [4.78, 5) is 12.9. The first kappa shape index (κ1) is 24.4. The number of carbonyl (C=O) groups is 1. The fraction of sp³-hybridized carbons (Fsp3) is 0.182. The zero-order chi connectivity index (χ0) is 25.9. The molecule has 37 heavy (non-hydrogen) atoms. The second-order valence-electron chi connectivity index (χ2n) is 9.27. The Labute approximate surface area is 217 Å². The lowest BCUT2D eigenvalue weighted by atomic mass is 9.95. The van der Waals surface area contributed by atoms with Gasteiger partial charge in [0.15, 0.2) is 0 Å². The molecule has 1 aromatic heterocycles. The first-order valence-corrected chi connectivity index (χ1v) is 12.7. The minimum absolute atomic E-state index is 0.177. The molecule has 0 atom stereocenters. The second-order valence-corrected chi connectivity index (χ2v) is 9.27. The van der Waals surface area contributed by atoms with Crippen molar-refractivity contribution in [2.24, 2.45) is 0 Å². The van der Waals surface area contributed by atoms with E-state index in [2.05, 4.69) is 48.6 Å². The second kappa shape index (κ2) is 10.4. The van der Waals surface area contributed by atoms with Crippen LogP contribution in [0, 0.1) is 6.92 Å². The summed E-state index contributed by atoms with van der Waals surface area (Å²) in [7, 11) is 0. The van der Waals surface area contributed by atoms with Gasteiger partial charge in [-0.15, -0.1) is 0 Å². The summed E-state index contributed by atoms with van der Waals surface area (Å²) < 4.78 is 12.1. The summed E-state index contributed by atoms with van der Waals surface area (Å²) in [6.07, 6.45) is 4.41. The van der Waals surface area contributed by atoms with Gasteiger partial charge in [0.05, 0.1) is 12.9 Å². The maximum Gasteiger partial charge on any atom is 0.248 e. The molecule has 4 heteroatoms. The number of nitrogens with one attached hydrogen (secondary N) is 1. The van der Waals surface area contributed by atoms with E-state index in [1.807, 2.05) is 63.4 Å². The number of anilines is 1. The molecule has 0 saturated carbocycles. The summed E-state index contributed by atoms with van der Waals surface area (Å²) in [5.74, 6) is 0.562. The summed E-state index contributed by atoms with van der Waals surface area (Å²) in [6.45, 7) is 8.54. The highest BCUT2D eigenvalue weighted by Gasteiger charge is 2.19. The number of hydrogen-bond donors (Lipinski definition) is 1. The Kier molecular flexibility index (Phi) is 6.82. The van der Waals surface area contributed by atoms with Crippen LogP contribution in [0.4, 0.5) is 5.69 Å². The highest BCUT2D eigenvalue weighted by Crippen LogP contribution is 2.41. The summed E-state index contributed by atoms with van der Waals surface area (Å²) in [6, 6.07) is 24.8. The molecule has 4 aromatic carbocycles. The van der Waals surface area contributed by atoms with Crippen LogP contribution in [0.3, 0.4) is 0 Å². The normalized spacial score (nSPS) is 11.7. The third kappa shape index (κ3) is 4.88. The molecule has 4 nitrogen and oxygen atoms in total. The average molecular weight is 490 g/mol. The average Bonchev–Trinajstić information content (AvgIpc) is 3.34. The van der Waals surface area contributed by atoms with Crippen LogP contribution in [0.1, 0.15) is 37.5 Å². The minimum Gasteiger partial charge on any atom is -0.493 e. The monoisotopic (exact) mass is 489 g/mol. The van der Waals surface area contributed by atoms with Gasteiger partial charge in [-0.1, -0.05) is 55.5 Å². The topological polar surface area (TPSA) is 51.5 Å². The number of allylic oxidation sites excluding steroid dienone is 1. The Bertz CT molecular complexity index is 1620. The molecule has 1 heterocycles. The summed E-state index contributed by atoms with van der Waals surface area (Å²) in [5.41, 5.74) is 7.53. The van der Waals surface area contributed by atoms with Crippen molar-refractivity contribution in [2.45, 2.75) is 34.1 Å². The van der Waals surface area contributed by atoms with Gasteiger partial charge in [-0.2, -0.15) is 0 Å². The molecular weight excluding hydrogens is 458 g/mol. The van der Waals surface area contributed by atoms with Crippen LogP contribution in [0.2, 0.25) is 0 Å². The maximum absolute atomic E-state index is 12.9. The molecule has 5 aromatic rings. The van der Waals surface area contributed by atoms with E-state index in [1.165, 1.54) is 16.3 Å². The Morgan fingerprint density at radius 3 is 2.46 bits per heavy atom. The van der Waals surface area contributed by atoms with Gasteiger partial charge >= 0.3 is 0 Å². The lowest BCUT2D eigenvalue weighted by Gasteiger charge is -2.15. The Morgan fingerprint density at radius 1 is 0.973 bits per heavy atom. The van der Waals surface area contributed by atoms with Crippen LogP contribution in [0.25, 0.3) is 38.4 Å². The number of rotatable bonds is 7. The molecule has 186 valence electrons. The zero-order valence-corrected chi connectivity index (χ0v) is 21.7. The van der Waals surface area contributed by atoms with Gasteiger partial charge in [-0.3, -0.25) is 4.79 Å². The highest BCUT2D eigenvalue weighted by atomic mass is 16.5. The lowest BCUT2D eigenvalue weighted by Crippen LogP contribution is -2.09. The van der Waals surface area contributed by atoms with Crippen molar-refractivity contribution < 1.29 is 13.9 Å². The fourth-order valence-corrected chi connectivity index (χ4v) is 4.80. The van der Waals surface area contributed by atoms with E-state index < -0.39 is 0 Å². The van der Waals surface area contributed by atoms with Crippen molar-refractivity contribution >= 4 is 38.9 Å². The third-order valence-electron chi connectivity index (χ3n) is 6.80. The van der Waals surface area contributed by atoms with Gasteiger partial charge in [0.25, 0.3) is 0 Å². The molecule has 1 amide bonds. The van der Waals surface area contributed by atoms with Gasteiger partial charge < -0.3 is 14.5 Å². The van der Waals surface area contributed by atoms with E-state index >= 15 is 0 Å². The molecule has 0 radical (unpaired) electrons. The van der Waals surface area contributed by atoms with Crippen molar-refractivity contribution in [1.82, 2.24) is 0 Å². The standard InChI is InChI=1S/C33H31NO3/c1-5-23-11-15-27(16-12-23)34-31(35)17-21(3)28-19-29-30(20-37-33(29)22(4)32(28)36-6-2)26-14-13-24-9-7-8-10-25(24)18-26/h7-20H,5-6H2,1-4H3,(H,34,35)/b21-17+. The Balaban J connectivity index is 1.56. The van der Waals surface area contributed by atoms with Crippen LogP contribution < -0.4 is 10.1 Å². The molecule has 0 spiro atoms. The number of furan rings is 1. The van der Waals surface area contributed by atoms with Crippen LogP contribution in [-0.4, -0.2) is 12.5 Å². The first-order chi connectivity index (χ1) is 18.0. The van der Waals surface area contributed by atoms with Crippen molar-refractivity contribution in [1.29, 1.82) is 0 Å². The smallest absolute Gasteiger partial charge is 0.248 e. The first-order valence-electron chi connectivity index (χ1n) is 12.7. The third-order valence-corrected chi connectivity index (χ3v) is 6.80. The van der Waals surface area contributed by atoms with E-state index in [9.17, 15) is 4.79 Å². The van der Waals surface area contributed by atoms with Gasteiger partial charge in [0, 0.05) is 33.8 Å². The summed E-state index contributed by atoms with van der Waals surface area (Å²) in [5, 5.41) is 6.34. The van der Waals surface area contributed by atoms with Gasteiger partial charge in [0.2, 0.25) is 5.91 Å². The van der Waals surface area contributed by atoms with Crippen LogP contribution in [-0.2, 0) is 11.2 Å². The van der Waals surface area contributed by atoms with E-state index in [4.69, 9.17) is 9.15 Å².